The van der Waals surface area contributed by atoms with Gasteiger partial charge in [-0.15, -0.1) is 6.42 Å². The van der Waals surface area contributed by atoms with Gasteiger partial charge in [0, 0.05) is 17.7 Å². The van der Waals surface area contributed by atoms with Crippen LogP contribution in [0.4, 0.5) is 0 Å². The van der Waals surface area contributed by atoms with Gasteiger partial charge in [-0.2, -0.15) is 0 Å². The quantitative estimate of drug-likeness (QED) is 0.627. The number of carbonyl (C=O) groups is 2. The predicted molar refractivity (Wildman–Crippen MR) is 62.3 cm³/mol. The Balaban J connectivity index is 2.58. The molecule has 1 aromatic rings. The van der Waals surface area contributed by atoms with Crippen LogP contribution < -0.4 is 11.1 Å². The number of carbonyl (C=O) groups excluding carboxylic acids is 1. The Labute approximate surface area is 98.6 Å². The number of hydrogen-bond acceptors (Lipinski definition) is 3. The van der Waals surface area contributed by atoms with E-state index in [9.17, 15) is 9.59 Å². The normalized spacial score (nSPS) is 11.3. The average molecular weight is 232 g/mol. The molecule has 1 atom stereocenters. The lowest BCUT2D eigenvalue weighted by Crippen LogP contribution is -2.42. The number of rotatable bonds is 4. The van der Waals surface area contributed by atoms with Crippen molar-refractivity contribution in [3.63, 3.8) is 0 Å². The Morgan fingerprint density at radius 2 is 2.00 bits per heavy atom. The van der Waals surface area contributed by atoms with E-state index in [0.29, 0.717) is 11.1 Å². The maximum atomic E-state index is 11.6. The number of carboxylic acids is 1. The molecule has 0 aliphatic carbocycles. The topological polar surface area (TPSA) is 92.4 Å². The van der Waals surface area contributed by atoms with Crippen LogP contribution in [-0.4, -0.2) is 29.6 Å². The monoisotopic (exact) mass is 232 g/mol. The van der Waals surface area contributed by atoms with Gasteiger partial charge in [-0.05, 0) is 24.3 Å². The highest BCUT2D eigenvalue weighted by Crippen LogP contribution is 2.02. The minimum absolute atomic E-state index is 0.120. The van der Waals surface area contributed by atoms with Crippen molar-refractivity contribution >= 4 is 11.9 Å². The van der Waals surface area contributed by atoms with E-state index in [-0.39, 0.29) is 12.5 Å². The van der Waals surface area contributed by atoms with Crippen LogP contribution in [-0.2, 0) is 4.79 Å². The number of carboxylic acid groups (broad SMARTS) is 1. The van der Waals surface area contributed by atoms with Crippen molar-refractivity contribution in [3.05, 3.63) is 35.4 Å². The van der Waals surface area contributed by atoms with Crippen molar-refractivity contribution in [2.45, 2.75) is 6.04 Å². The second kappa shape index (κ2) is 5.68. The van der Waals surface area contributed by atoms with E-state index in [0.717, 1.165) is 0 Å². The summed E-state index contributed by atoms with van der Waals surface area (Å²) in [6.45, 7) is -0.120. The molecule has 17 heavy (non-hydrogen) atoms. The molecule has 0 heterocycles. The number of hydrogen-bond donors (Lipinski definition) is 3. The van der Waals surface area contributed by atoms with Gasteiger partial charge in [0.2, 0.25) is 0 Å². The van der Waals surface area contributed by atoms with E-state index < -0.39 is 12.0 Å². The van der Waals surface area contributed by atoms with Gasteiger partial charge in [0.15, 0.2) is 0 Å². The van der Waals surface area contributed by atoms with Gasteiger partial charge in [0.05, 0.1) is 0 Å². The molecule has 0 aromatic heterocycles. The highest BCUT2D eigenvalue weighted by Gasteiger charge is 2.13. The van der Waals surface area contributed by atoms with Crippen molar-refractivity contribution in [3.8, 4) is 12.3 Å². The molecule has 0 bridgehead atoms. The van der Waals surface area contributed by atoms with Crippen LogP contribution in [0.1, 0.15) is 15.9 Å². The first-order valence-corrected chi connectivity index (χ1v) is 4.88. The lowest BCUT2D eigenvalue weighted by Gasteiger charge is -2.08. The van der Waals surface area contributed by atoms with E-state index in [1.165, 1.54) is 0 Å². The second-order valence-corrected chi connectivity index (χ2v) is 3.38. The lowest BCUT2D eigenvalue weighted by molar-refractivity contribution is -0.138. The van der Waals surface area contributed by atoms with Crippen LogP contribution in [0.15, 0.2) is 24.3 Å². The van der Waals surface area contributed by atoms with Gasteiger partial charge in [-0.3, -0.25) is 9.59 Å². The molecule has 1 aromatic carbocycles. The van der Waals surface area contributed by atoms with Crippen LogP contribution >= 0.6 is 0 Å². The van der Waals surface area contributed by atoms with Crippen molar-refractivity contribution in [2.24, 2.45) is 5.73 Å². The molecule has 0 fully saturated rings. The Morgan fingerprint density at radius 1 is 1.41 bits per heavy atom. The Bertz CT molecular complexity index is 460. The summed E-state index contributed by atoms with van der Waals surface area (Å²) in [5, 5.41) is 11.0. The van der Waals surface area contributed by atoms with Gasteiger partial charge in [0.25, 0.3) is 5.91 Å². The Kier molecular flexibility index (Phi) is 4.26. The third kappa shape index (κ3) is 3.63. The fraction of sp³-hybridized carbons (Fsp3) is 0.167. The number of amides is 1. The number of nitrogens with two attached hydrogens (primary N) is 1. The molecule has 4 N–H and O–H groups in total. The second-order valence-electron chi connectivity index (χ2n) is 3.38. The van der Waals surface area contributed by atoms with Crippen molar-refractivity contribution in [1.29, 1.82) is 0 Å². The van der Waals surface area contributed by atoms with Gasteiger partial charge >= 0.3 is 5.97 Å². The Hall–Kier alpha value is -2.32. The van der Waals surface area contributed by atoms with E-state index in [2.05, 4.69) is 11.2 Å². The zero-order valence-corrected chi connectivity index (χ0v) is 9.01. The maximum Gasteiger partial charge on any atom is 0.322 e. The van der Waals surface area contributed by atoms with E-state index in [1.54, 1.807) is 24.3 Å². The molecule has 0 saturated heterocycles. The molecule has 0 unspecified atom stereocenters. The molecule has 1 amide bonds. The molecule has 88 valence electrons. The first-order chi connectivity index (χ1) is 8.04. The Morgan fingerprint density at radius 3 is 2.47 bits per heavy atom. The van der Waals surface area contributed by atoms with Gasteiger partial charge in [0.1, 0.15) is 6.04 Å². The summed E-state index contributed by atoms with van der Waals surface area (Å²) in [5.41, 5.74) is 6.32. The van der Waals surface area contributed by atoms with Crippen molar-refractivity contribution in [1.82, 2.24) is 5.32 Å². The fourth-order valence-electron chi connectivity index (χ4n) is 1.11. The van der Waals surface area contributed by atoms with E-state index in [4.69, 9.17) is 17.3 Å². The zero-order valence-electron chi connectivity index (χ0n) is 9.01. The third-order valence-electron chi connectivity index (χ3n) is 2.11. The zero-order chi connectivity index (χ0) is 12.8. The molecule has 0 spiro atoms. The van der Waals surface area contributed by atoms with Crippen LogP contribution in [0.5, 0.6) is 0 Å². The minimum atomic E-state index is -1.16. The van der Waals surface area contributed by atoms with Gasteiger partial charge < -0.3 is 16.2 Å². The van der Waals surface area contributed by atoms with Crippen LogP contribution in [0.3, 0.4) is 0 Å². The first kappa shape index (κ1) is 12.7. The summed E-state index contributed by atoms with van der Waals surface area (Å²) >= 11 is 0. The third-order valence-corrected chi connectivity index (χ3v) is 2.11. The number of terminal acetylenes is 1. The molecule has 0 saturated carbocycles. The number of aliphatic carboxylic acids is 1. The summed E-state index contributed by atoms with van der Waals surface area (Å²) in [7, 11) is 0. The van der Waals surface area contributed by atoms with Gasteiger partial charge in [-0.25, -0.2) is 0 Å². The van der Waals surface area contributed by atoms with Crippen molar-refractivity contribution < 1.29 is 14.7 Å². The van der Waals surface area contributed by atoms with Crippen LogP contribution in [0.2, 0.25) is 0 Å². The molecule has 1 rings (SSSR count). The highest BCUT2D eigenvalue weighted by atomic mass is 16.4. The molecule has 5 heteroatoms. The van der Waals surface area contributed by atoms with E-state index in [1.807, 2.05) is 0 Å². The standard InChI is InChI=1S/C12H12N2O3/c1-2-8-3-5-9(6-4-8)11(15)14-7-10(13)12(16)17/h1,3-6,10H,7,13H2,(H,14,15)(H,16,17)/t10-/m1/s1. The summed E-state index contributed by atoms with van der Waals surface area (Å²) in [6, 6.07) is 5.29. The van der Waals surface area contributed by atoms with Crippen molar-refractivity contribution in [2.75, 3.05) is 6.54 Å². The summed E-state index contributed by atoms with van der Waals surface area (Å²) < 4.78 is 0. The van der Waals surface area contributed by atoms with Crippen LogP contribution in [0, 0.1) is 12.3 Å². The molecule has 0 radical (unpaired) electrons. The maximum absolute atomic E-state index is 11.6. The lowest BCUT2D eigenvalue weighted by atomic mass is 10.1. The fourth-order valence-corrected chi connectivity index (χ4v) is 1.11. The smallest absolute Gasteiger partial charge is 0.322 e. The number of nitrogens with one attached hydrogen (secondary N) is 1. The average Bonchev–Trinajstić information content (AvgIpc) is 2.35. The first-order valence-electron chi connectivity index (χ1n) is 4.88. The molecule has 0 aliphatic heterocycles. The molecular weight excluding hydrogens is 220 g/mol. The van der Waals surface area contributed by atoms with E-state index >= 15 is 0 Å². The van der Waals surface area contributed by atoms with Crippen LogP contribution in [0.25, 0.3) is 0 Å². The van der Waals surface area contributed by atoms with Gasteiger partial charge in [-0.1, -0.05) is 5.92 Å². The molecular formula is C12H12N2O3. The SMILES string of the molecule is C#Cc1ccc(C(=O)NC[C@@H](N)C(=O)O)cc1. The summed E-state index contributed by atoms with van der Waals surface area (Å²) in [6.07, 6.45) is 5.18. The summed E-state index contributed by atoms with van der Waals surface area (Å²) in [5.74, 6) is 0.886. The minimum Gasteiger partial charge on any atom is -0.480 e. The summed E-state index contributed by atoms with van der Waals surface area (Å²) in [4.78, 5) is 22.0. The predicted octanol–water partition coefficient (Wildman–Crippen LogP) is -0.190. The number of benzene rings is 1. The highest BCUT2D eigenvalue weighted by molar-refractivity contribution is 5.94. The molecule has 0 aliphatic rings. The molecule has 5 nitrogen and oxygen atoms in total. The largest absolute Gasteiger partial charge is 0.480 e.